The first-order chi connectivity index (χ1) is 15.6. The number of Topliss-reactive ketones (excluding diaryl/α,β-unsaturated/α-hetero) is 1. The van der Waals surface area contributed by atoms with Crippen LogP contribution in [-0.4, -0.2) is 28.9 Å². The van der Waals surface area contributed by atoms with Gasteiger partial charge in [-0.1, -0.05) is 35.5 Å². The fourth-order valence-electron chi connectivity index (χ4n) is 5.63. The summed E-state index contributed by atoms with van der Waals surface area (Å²) in [6.07, 6.45) is 8.31. The van der Waals surface area contributed by atoms with Crippen LogP contribution in [0.1, 0.15) is 91.4 Å². The number of aromatic nitrogens is 1. The van der Waals surface area contributed by atoms with E-state index < -0.39 is 0 Å². The van der Waals surface area contributed by atoms with Crippen molar-refractivity contribution in [3.8, 4) is 0 Å². The molecular formula is C26H33N3O3. The predicted molar refractivity (Wildman–Crippen MR) is 121 cm³/mol. The normalized spacial score (nSPS) is 30.6. The molecule has 2 aromatic rings. The Labute approximate surface area is 189 Å². The van der Waals surface area contributed by atoms with Gasteiger partial charge in [0.2, 0.25) is 0 Å². The third kappa shape index (κ3) is 4.65. The first-order valence-electron chi connectivity index (χ1n) is 12.2. The summed E-state index contributed by atoms with van der Waals surface area (Å²) in [5, 5.41) is 7.14. The average molecular weight is 436 g/mol. The second kappa shape index (κ2) is 9.18. The predicted octanol–water partition coefficient (Wildman–Crippen LogP) is 4.32. The molecule has 3 aliphatic rings. The van der Waals surface area contributed by atoms with Gasteiger partial charge in [0.1, 0.15) is 11.5 Å². The highest BCUT2D eigenvalue weighted by Crippen LogP contribution is 2.42. The molecule has 170 valence electrons. The lowest BCUT2D eigenvalue weighted by Crippen LogP contribution is -2.43. The van der Waals surface area contributed by atoms with Gasteiger partial charge in [0.25, 0.3) is 5.91 Å². The van der Waals surface area contributed by atoms with Crippen molar-refractivity contribution in [3.63, 3.8) is 0 Å². The molecule has 1 aromatic heterocycles. The van der Waals surface area contributed by atoms with Crippen molar-refractivity contribution in [2.45, 2.75) is 81.7 Å². The van der Waals surface area contributed by atoms with Crippen LogP contribution < -0.4 is 11.1 Å². The van der Waals surface area contributed by atoms with Crippen molar-refractivity contribution in [2.24, 2.45) is 17.6 Å². The third-order valence-electron chi connectivity index (χ3n) is 7.69. The van der Waals surface area contributed by atoms with E-state index in [1.165, 1.54) is 5.56 Å². The zero-order chi connectivity index (χ0) is 22.1. The maximum atomic E-state index is 13.5. The lowest BCUT2D eigenvalue weighted by molar-refractivity contribution is -0.129. The van der Waals surface area contributed by atoms with E-state index >= 15 is 0 Å². The maximum Gasteiger partial charge on any atom is 0.273 e. The standard InChI is InChI=1S/C26H33N3O3/c27-19-10-8-18(9-11-19)25(30)21-13-12-20(14-22(21)16-4-2-1-3-5-16)28-26(31)23-15-24(32-29-23)17-6-7-17/h1-5,15,17-22H,6-14,27H2,(H,28,31)/t18-,19-,20?,21?,22?. The molecule has 3 fully saturated rings. The highest BCUT2D eigenvalue weighted by molar-refractivity contribution is 5.92. The molecule has 1 heterocycles. The lowest BCUT2D eigenvalue weighted by Gasteiger charge is -2.38. The number of amides is 1. The van der Waals surface area contributed by atoms with Crippen LogP contribution in [0.3, 0.4) is 0 Å². The summed E-state index contributed by atoms with van der Waals surface area (Å²) in [5.74, 6) is 1.75. The van der Waals surface area contributed by atoms with Crippen molar-refractivity contribution in [1.82, 2.24) is 10.5 Å². The van der Waals surface area contributed by atoms with Crippen LogP contribution in [0.25, 0.3) is 0 Å². The molecule has 6 nitrogen and oxygen atoms in total. The third-order valence-corrected chi connectivity index (χ3v) is 7.69. The van der Waals surface area contributed by atoms with E-state index in [0.29, 0.717) is 17.4 Å². The number of hydrogen-bond donors (Lipinski definition) is 2. The molecule has 0 saturated heterocycles. The Morgan fingerprint density at radius 3 is 2.44 bits per heavy atom. The number of carbonyl (C=O) groups is 2. The van der Waals surface area contributed by atoms with Crippen LogP contribution in [0, 0.1) is 11.8 Å². The second-order valence-electron chi connectivity index (χ2n) is 10.0. The first kappa shape index (κ1) is 21.4. The van der Waals surface area contributed by atoms with Crippen LogP contribution in [-0.2, 0) is 4.79 Å². The number of ketones is 1. The first-order valence-corrected chi connectivity index (χ1v) is 12.2. The van der Waals surface area contributed by atoms with Crippen LogP contribution in [0.4, 0.5) is 0 Å². The Hall–Kier alpha value is -2.47. The molecule has 3 aliphatic carbocycles. The Bertz CT molecular complexity index is 944. The molecule has 1 aromatic carbocycles. The summed E-state index contributed by atoms with van der Waals surface area (Å²) in [6.45, 7) is 0. The summed E-state index contributed by atoms with van der Waals surface area (Å²) in [7, 11) is 0. The van der Waals surface area contributed by atoms with Crippen LogP contribution in [0.5, 0.6) is 0 Å². The van der Waals surface area contributed by atoms with Gasteiger partial charge in [-0.2, -0.15) is 0 Å². The Morgan fingerprint density at radius 2 is 1.72 bits per heavy atom. The largest absolute Gasteiger partial charge is 0.360 e. The van der Waals surface area contributed by atoms with Crippen molar-refractivity contribution >= 4 is 11.7 Å². The van der Waals surface area contributed by atoms with Crippen LogP contribution in [0.2, 0.25) is 0 Å². The Kier molecular flexibility index (Phi) is 6.13. The minimum atomic E-state index is -0.177. The lowest BCUT2D eigenvalue weighted by atomic mass is 9.67. The van der Waals surface area contributed by atoms with E-state index in [4.69, 9.17) is 10.3 Å². The summed E-state index contributed by atoms with van der Waals surface area (Å²) in [5.41, 5.74) is 7.62. The van der Waals surface area contributed by atoms with Crippen molar-refractivity contribution < 1.29 is 14.1 Å². The monoisotopic (exact) mass is 435 g/mol. The zero-order valence-electron chi connectivity index (χ0n) is 18.5. The molecule has 5 rings (SSSR count). The number of nitrogens with one attached hydrogen (secondary N) is 1. The fourth-order valence-corrected chi connectivity index (χ4v) is 5.63. The van der Waals surface area contributed by atoms with E-state index in [-0.39, 0.29) is 35.7 Å². The van der Waals surface area contributed by atoms with Crippen molar-refractivity contribution in [1.29, 1.82) is 0 Å². The van der Waals surface area contributed by atoms with E-state index in [1.807, 2.05) is 18.2 Å². The number of benzene rings is 1. The van der Waals surface area contributed by atoms with E-state index in [9.17, 15) is 9.59 Å². The van der Waals surface area contributed by atoms with E-state index in [0.717, 1.165) is 63.5 Å². The number of rotatable bonds is 6. The van der Waals surface area contributed by atoms with Gasteiger partial charge in [0.15, 0.2) is 5.69 Å². The second-order valence-corrected chi connectivity index (χ2v) is 10.0. The molecule has 3 atom stereocenters. The van der Waals surface area contributed by atoms with Gasteiger partial charge in [0.05, 0.1) is 0 Å². The maximum absolute atomic E-state index is 13.5. The molecular weight excluding hydrogens is 402 g/mol. The van der Waals surface area contributed by atoms with Gasteiger partial charge < -0.3 is 15.6 Å². The number of carbonyl (C=O) groups excluding carboxylic acids is 2. The molecule has 3 unspecified atom stereocenters. The van der Waals surface area contributed by atoms with E-state index in [1.54, 1.807) is 6.07 Å². The van der Waals surface area contributed by atoms with Gasteiger partial charge in [-0.3, -0.25) is 9.59 Å². The molecule has 1 amide bonds. The summed E-state index contributed by atoms with van der Waals surface area (Å²) in [4.78, 5) is 26.3. The van der Waals surface area contributed by atoms with Gasteiger partial charge in [-0.15, -0.1) is 0 Å². The minimum Gasteiger partial charge on any atom is -0.360 e. The minimum absolute atomic E-state index is 0.0124. The summed E-state index contributed by atoms with van der Waals surface area (Å²) in [6, 6.07) is 12.4. The van der Waals surface area contributed by atoms with Crippen LogP contribution in [0.15, 0.2) is 40.9 Å². The summed E-state index contributed by atoms with van der Waals surface area (Å²) < 4.78 is 5.35. The molecule has 3 saturated carbocycles. The molecule has 32 heavy (non-hydrogen) atoms. The highest BCUT2D eigenvalue weighted by atomic mass is 16.5. The number of nitrogens with two attached hydrogens (primary N) is 1. The molecule has 0 spiro atoms. The average Bonchev–Trinajstić information content (AvgIpc) is 3.56. The van der Waals surface area contributed by atoms with Crippen molar-refractivity contribution in [3.05, 3.63) is 53.4 Å². The number of hydrogen-bond acceptors (Lipinski definition) is 5. The zero-order valence-corrected chi connectivity index (χ0v) is 18.5. The highest BCUT2D eigenvalue weighted by Gasteiger charge is 2.40. The number of nitrogens with zero attached hydrogens (tertiary/aromatic N) is 1. The molecule has 0 bridgehead atoms. The van der Waals surface area contributed by atoms with Crippen molar-refractivity contribution in [2.75, 3.05) is 0 Å². The summed E-state index contributed by atoms with van der Waals surface area (Å²) >= 11 is 0. The fraction of sp³-hybridized carbons (Fsp3) is 0.577. The Balaban J connectivity index is 1.28. The van der Waals surface area contributed by atoms with Gasteiger partial charge in [-0.05, 0) is 69.3 Å². The molecule has 0 aliphatic heterocycles. The molecule has 0 radical (unpaired) electrons. The van der Waals surface area contributed by atoms with Crippen LogP contribution >= 0.6 is 0 Å². The van der Waals surface area contributed by atoms with Gasteiger partial charge in [-0.25, -0.2) is 0 Å². The Morgan fingerprint density at radius 1 is 0.969 bits per heavy atom. The SMILES string of the molecule is N[C@H]1CC[C@H](C(=O)C2CCC(NC(=O)c3cc(C4CC4)on3)CC2c2ccccc2)CC1. The topological polar surface area (TPSA) is 98.2 Å². The van der Waals surface area contributed by atoms with Gasteiger partial charge >= 0.3 is 0 Å². The van der Waals surface area contributed by atoms with Gasteiger partial charge in [0, 0.05) is 35.9 Å². The quantitative estimate of drug-likeness (QED) is 0.704. The molecule has 6 heteroatoms. The smallest absolute Gasteiger partial charge is 0.273 e. The van der Waals surface area contributed by atoms with E-state index in [2.05, 4.69) is 22.6 Å². The molecule has 3 N–H and O–H groups in total.